The summed E-state index contributed by atoms with van der Waals surface area (Å²) in [5, 5.41) is 11.7. The minimum Gasteiger partial charge on any atom is -0.479 e. The van der Waals surface area contributed by atoms with E-state index >= 15 is 0 Å². The summed E-state index contributed by atoms with van der Waals surface area (Å²) in [6, 6.07) is 0. The van der Waals surface area contributed by atoms with E-state index in [9.17, 15) is 9.59 Å². The van der Waals surface area contributed by atoms with E-state index in [1.165, 1.54) is 19.3 Å². The second kappa shape index (κ2) is 6.54. The SMILES string of the molecule is O=C(O)C1CCC(C(=O)NCC2CCC3(CCCCC3)O2)O1. The average molecular weight is 311 g/mol. The van der Waals surface area contributed by atoms with E-state index in [-0.39, 0.29) is 17.6 Å². The Morgan fingerprint density at radius 3 is 2.45 bits per heavy atom. The van der Waals surface area contributed by atoms with Gasteiger partial charge in [0, 0.05) is 6.54 Å². The summed E-state index contributed by atoms with van der Waals surface area (Å²) in [4.78, 5) is 22.9. The maximum atomic E-state index is 12.1. The van der Waals surface area contributed by atoms with E-state index in [1.807, 2.05) is 0 Å². The molecule has 3 rings (SSSR count). The molecule has 6 heteroatoms. The van der Waals surface area contributed by atoms with Crippen LogP contribution in [0.5, 0.6) is 0 Å². The van der Waals surface area contributed by atoms with E-state index in [1.54, 1.807) is 0 Å². The quantitative estimate of drug-likeness (QED) is 0.824. The molecule has 1 spiro atoms. The van der Waals surface area contributed by atoms with E-state index < -0.39 is 18.2 Å². The summed E-state index contributed by atoms with van der Waals surface area (Å²) < 4.78 is 11.5. The number of carbonyl (C=O) groups is 2. The zero-order valence-electron chi connectivity index (χ0n) is 12.9. The molecular weight excluding hydrogens is 286 g/mol. The molecule has 0 aromatic rings. The van der Waals surface area contributed by atoms with Crippen LogP contribution in [0, 0.1) is 0 Å². The number of aliphatic carboxylic acids is 1. The molecule has 124 valence electrons. The monoisotopic (exact) mass is 311 g/mol. The highest BCUT2D eigenvalue weighted by molar-refractivity contribution is 5.82. The molecule has 6 nitrogen and oxygen atoms in total. The zero-order valence-corrected chi connectivity index (χ0v) is 12.9. The molecule has 3 fully saturated rings. The van der Waals surface area contributed by atoms with Crippen LogP contribution in [-0.4, -0.2) is 47.4 Å². The van der Waals surface area contributed by atoms with Crippen molar-refractivity contribution < 1.29 is 24.2 Å². The number of ether oxygens (including phenoxy) is 2. The second-order valence-corrected chi connectivity index (χ2v) is 6.80. The van der Waals surface area contributed by atoms with Gasteiger partial charge in [0.15, 0.2) is 6.10 Å². The normalized spacial score (nSPS) is 33.9. The van der Waals surface area contributed by atoms with E-state index in [2.05, 4.69) is 5.32 Å². The van der Waals surface area contributed by atoms with Gasteiger partial charge in [0.25, 0.3) is 0 Å². The summed E-state index contributed by atoms with van der Waals surface area (Å²) >= 11 is 0. The fourth-order valence-corrected chi connectivity index (χ4v) is 3.94. The molecule has 1 aliphatic carbocycles. The third kappa shape index (κ3) is 3.43. The van der Waals surface area contributed by atoms with Crippen LogP contribution in [0.2, 0.25) is 0 Å². The van der Waals surface area contributed by atoms with Crippen LogP contribution in [0.4, 0.5) is 0 Å². The van der Waals surface area contributed by atoms with Gasteiger partial charge in [-0.1, -0.05) is 19.3 Å². The van der Waals surface area contributed by atoms with Gasteiger partial charge in [-0.2, -0.15) is 0 Å². The maximum absolute atomic E-state index is 12.1. The third-order valence-electron chi connectivity index (χ3n) is 5.19. The first-order valence-electron chi connectivity index (χ1n) is 8.42. The molecule has 1 amide bonds. The van der Waals surface area contributed by atoms with Crippen molar-refractivity contribution >= 4 is 11.9 Å². The van der Waals surface area contributed by atoms with Gasteiger partial charge in [-0.3, -0.25) is 4.79 Å². The van der Waals surface area contributed by atoms with Gasteiger partial charge in [0.05, 0.1) is 11.7 Å². The molecule has 1 saturated carbocycles. The number of hydrogen-bond donors (Lipinski definition) is 2. The van der Waals surface area contributed by atoms with E-state index in [0.29, 0.717) is 19.4 Å². The molecule has 2 heterocycles. The van der Waals surface area contributed by atoms with Crippen LogP contribution < -0.4 is 5.32 Å². The molecule has 0 radical (unpaired) electrons. The lowest BCUT2D eigenvalue weighted by atomic mass is 9.83. The number of rotatable bonds is 4. The molecule has 3 aliphatic rings. The molecular formula is C16H25NO5. The van der Waals surface area contributed by atoms with Crippen molar-refractivity contribution in [2.75, 3.05) is 6.54 Å². The predicted octanol–water partition coefficient (Wildman–Crippen LogP) is 1.62. The molecule has 2 saturated heterocycles. The fourth-order valence-electron chi connectivity index (χ4n) is 3.94. The lowest BCUT2D eigenvalue weighted by molar-refractivity contribution is -0.152. The highest BCUT2D eigenvalue weighted by Crippen LogP contribution is 2.41. The Labute approximate surface area is 130 Å². The lowest BCUT2D eigenvalue weighted by Gasteiger charge is -2.33. The smallest absolute Gasteiger partial charge is 0.332 e. The van der Waals surface area contributed by atoms with E-state index in [4.69, 9.17) is 14.6 Å². The van der Waals surface area contributed by atoms with Crippen LogP contribution in [0.25, 0.3) is 0 Å². The van der Waals surface area contributed by atoms with Crippen LogP contribution in [-0.2, 0) is 19.1 Å². The summed E-state index contributed by atoms with van der Waals surface area (Å²) in [5.74, 6) is -1.20. The van der Waals surface area contributed by atoms with Crippen molar-refractivity contribution in [1.82, 2.24) is 5.32 Å². The summed E-state index contributed by atoms with van der Waals surface area (Å²) in [6.07, 6.45) is 7.63. The summed E-state index contributed by atoms with van der Waals surface area (Å²) in [6.45, 7) is 0.498. The minimum absolute atomic E-state index is 0.0614. The minimum atomic E-state index is -0.992. The van der Waals surface area contributed by atoms with Crippen molar-refractivity contribution in [3.05, 3.63) is 0 Å². The molecule has 0 bridgehead atoms. The number of amides is 1. The van der Waals surface area contributed by atoms with Crippen molar-refractivity contribution in [2.24, 2.45) is 0 Å². The third-order valence-corrected chi connectivity index (χ3v) is 5.19. The van der Waals surface area contributed by atoms with Crippen molar-refractivity contribution in [2.45, 2.75) is 81.7 Å². The first-order valence-corrected chi connectivity index (χ1v) is 8.42. The highest BCUT2D eigenvalue weighted by Gasteiger charge is 2.41. The molecule has 0 aromatic heterocycles. The Balaban J connectivity index is 1.41. The topological polar surface area (TPSA) is 84.9 Å². The summed E-state index contributed by atoms with van der Waals surface area (Å²) in [5.41, 5.74) is 0.0614. The van der Waals surface area contributed by atoms with Crippen molar-refractivity contribution in [3.63, 3.8) is 0 Å². The highest BCUT2D eigenvalue weighted by atomic mass is 16.5. The Bertz CT molecular complexity index is 432. The van der Waals surface area contributed by atoms with Crippen LogP contribution in [0.15, 0.2) is 0 Å². The number of carboxylic acids is 1. The molecule has 2 aliphatic heterocycles. The first kappa shape index (κ1) is 15.7. The Kier molecular flexibility index (Phi) is 4.68. The predicted molar refractivity (Wildman–Crippen MR) is 78.5 cm³/mol. The maximum Gasteiger partial charge on any atom is 0.332 e. The van der Waals surface area contributed by atoms with Gasteiger partial charge in [-0.25, -0.2) is 4.79 Å². The van der Waals surface area contributed by atoms with Crippen LogP contribution in [0.3, 0.4) is 0 Å². The molecule has 3 unspecified atom stereocenters. The fraction of sp³-hybridized carbons (Fsp3) is 0.875. The van der Waals surface area contributed by atoms with E-state index in [0.717, 1.165) is 25.7 Å². The number of hydrogen-bond acceptors (Lipinski definition) is 4. The number of carbonyl (C=O) groups excluding carboxylic acids is 1. The van der Waals surface area contributed by atoms with Gasteiger partial charge >= 0.3 is 5.97 Å². The van der Waals surface area contributed by atoms with Crippen molar-refractivity contribution in [1.29, 1.82) is 0 Å². The van der Waals surface area contributed by atoms with Gasteiger partial charge in [-0.15, -0.1) is 0 Å². The molecule has 0 aromatic carbocycles. The molecule has 3 atom stereocenters. The van der Waals surface area contributed by atoms with Crippen LogP contribution >= 0.6 is 0 Å². The van der Waals surface area contributed by atoms with Crippen molar-refractivity contribution in [3.8, 4) is 0 Å². The Hall–Kier alpha value is -1.14. The lowest BCUT2D eigenvalue weighted by Crippen LogP contribution is -2.40. The van der Waals surface area contributed by atoms with Crippen LogP contribution in [0.1, 0.15) is 57.8 Å². The largest absolute Gasteiger partial charge is 0.479 e. The number of carboxylic acid groups (broad SMARTS) is 1. The molecule has 2 N–H and O–H groups in total. The standard InChI is InChI=1S/C16H25NO5/c18-14(12-4-5-13(21-12)15(19)20)17-10-11-6-9-16(22-11)7-2-1-3-8-16/h11-13H,1-10H2,(H,17,18)(H,19,20). The van der Waals surface area contributed by atoms with Gasteiger partial charge < -0.3 is 19.9 Å². The molecule has 22 heavy (non-hydrogen) atoms. The van der Waals surface area contributed by atoms with Gasteiger partial charge in [-0.05, 0) is 38.5 Å². The average Bonchev–Trinajstić information content (AvgIpc) is 3.14. The zero-order chi connectivity index (χ0) is 15.6. The Morgan fingerprint density at radius 2 is 1.77 bits per heavy atom. The Morgan fingerprint density at radius 1 is 1.05 bits per heavy atom. The van der Waals surface area contributed by atoms with Gasteiger partial charge in [0.1, 0.15) is 6.10 Å². The number of nitrogens with one attached hydrogen (secondary N) is 1. The first-order chi connectivity index (χ1) is 10.6. The summed E-state index contributed by atoms with van der Waals surface area (Å²) in [7, 11) is 0. The van der Waals surface area contributed by atoms with Gasteiger partial charge in [0.2, 0.25) is 5.91 Å². The second-order valence-electron chi connectivity index (χ2n) is 6.80.